The Kier molecular flexibility index (Phi) is 4.76. The first-order valence-corrected chi connectivity index (χ1v) is 8.61. The highest BCUT2D eigenvalue weighted by molar-refractivity contribution is 7.08. The Labute approximate surface area is 144 Å². The zero-order valence-electron chi connectivity index (χ0n) is 13.8. The van der Waals surface area contributed by atoms with E-state index < -0.39 is 0 Å². The van der Waals surface area contributed by atoms with Gasteiger partial charge in [-0.3, -0.25) is 4.79 Å². The van der Waals surface area contributed by atoms with Crippen LogP contribution >= 0.6 is 11.3 Å². The minimum absolute atomic E-state index is 0.193. The van der Waals surface area contributed by atoms with E-state index in [0.717, 1.165) is 22.3 Å². The molecule has 0 amide bonds. The molecule has 0 saturated carbocycles. The number of nitrogens with zero attached hydrogens (tertiary/aromatic N) is 2. The summed E-state index contributed by atoms with van der Waals surface area (Å²) in [5.74, 6) is 1.25. The van der Waals surface area contributed by atoms with Gasteiger partial charge < -0.3 is 9.15 Å². The van der Waals surface area contributed by atoms with Crippen molar-refractivity contribution in [3.05, 3.63) is 51.5 Å². The number of aromatic nitrogens is 2. The highest BCUT2D eigenvalue weighted by atomic mass is 32.1. The lowest BCUT2D eigenvalue weighted by Gasteiger charge is -2.12. The van der Waals surface area contributed by atoms with Crippen molar-refractivity contribution in [3.63, 3.8) is 0 Å². The van der Waals surface area contributed by atoms with Gasteiger partial charge in [-0.05, 0) is 48.9 Å². The molecule has 24 heavy (non-hydrogen) atoms. The molecule has 0 aliphatic heterocycles. The topological polar surface area (TPSA) is 65.2 Å². The number of ether oxygens (including phenoxy) is 1. The first kappa shape index (κ1) is 16.4. The maximum atomic E-state index is 12.1. The molecular formula is C18H18N2O3S. The standard InChI is InChI=1S/C18H18N2O3S/c1-11-4-5-12(2)17(13(11)3)23-16(21)7-6-15-19-20-18(22-15)14-8-9-24-10-14/h4-5,8-10H,6-7H2,1-3H3. The average Bonchev–Trinajstić information content (AvgIpc) is 3.24. The lowest BCUT2D eigenvalue weighted by Crippen LogP contribution is -2.11. The summed E-state index contributed by atoms with van der Waals surface area (Å²) >= 11 is 1.57. The van der Waals surface area contributed by atoms with Gasteiger partial charge in [-0.15, -0.1) is 10.2 Å². The summed E-state index contributed by atoms with van der Waals surface area (Å²) in [7, 11) is 0. The van der Waals surface area contributed by atoms with Gasteiger partial charge in [-0.25, -0.2) is 0 Å². The van der Waals surface area contributed by atoms with Crippen LogP contribution in [-0.2, 0) is 11.2 Å². The van der Waals surface area contributed by atoms with Crippen molar-refractivity contribution in [1.82, 2.24) is 10.2 Å². The van der Waals surface area contributed by atoms with Crippen LogP contribution in [0, 0.1) is 20.8 Å². The molecule has 3 rings (SSSR count). The molecule has 0 atom stereocenters. The Bertz CT molecular complexity index is 853. The molecule has 0 aliphatic rings. The normalized spacial score (nSPS) is 10.8. The molecule has 6 heteroatoms. The van der Waals surface area contributed by atoms with Crippen LogP contribution in [0.25, 0.3) is 11.5 Å². The first-order chi connectivity index (χ1) is 11.5. The molecule has 0 fully saturated rings. The van der Waals surface area contributed by atoms with Gasteiger partial charge in [0.05, 0.1) is 6.42 Å². The van der Waals surface area contributed by atoms with Crippen molar-refractivity contribution < 1.29 is 13.9 Å². The first-order valence-electron chi connectivity index (χ1n) is 7.67. The molecule has 0 spiro atoms. The van der Waals surface area contributed by atoms with E-state index in [9.17, 15) is 4.79 Å². The minimum Gasteiger partial charge on any atom is -0.426 e. The van der Waals surface area contributed by atoms with Crippen LogP contribution in [0.4, 0.5) is 0 Å². The molecular weight excluding hydrogens is 324 g/mol. The van der Waals surface area contributed by atoms with E-state index in [1.807, 2.05) is 49.7 Å². The SMILES string of the molecule is Cc1ccc(C)c(OC(=O)CCc2nnc(-c3ccsc3)o2)c1C. The van der Waals surface area contributed by atoms with Gasteiger partial charge >= 0.3 is 5.97 Å². The van der Waals surface area contributed by atoms with E-state index in [1.54, 1.807) is 11.3 Å². The number of benzene rings is 1. The number of aryl methyl sites for hydroxylation is 3. The quantitative estimate of drug-likeness (QED) is 0.512. The number of thiophene rings is 1. The van der Waals surface area contributed by atoms with Gasteiger partial charge in [-0.1, -0.05) is 12.1 Å². The van der Waals surface area contributed by atoms with Crippen LogP contribution in [0.1, 0.15) is 29.0 Å². The van der Waals surface area contributed by atoms with Gasteiger partial charge in [0.25, 0.3) is 0 Å². The van der Waals surface area contributed by atoms with E-state index in [2.05, 4.69) is 10.2 Å². The molecule has 2 heterocycles. The molecule has 0 bridgehead atoms. The third-order valence-corrected chi connectivity index (χ3v) is 4.55. The predicted octanol–water partition coefficient (Wildman–Crippen LogP) is 4.26. The third kappa shape index (κ3) is 3.54. The fourth-order valence-electron chi connectivity index (χ4n) is 2.31. The molecule has 124 valence electrons. The lowest BCUT2D eigenvalue weighted by molar-refractivity contribution is -0.134. The van der Waals surface area contributed by atoms with E-state index >= 15 is 0 Å². The molecule has 0 aliphatic carbocycles. The summed E-state index contributed by atoms with van der Waals surface area (Å²) in [6, 6.07) is 5.89. The zero-order chi connectivity index (χ0) is 17.1. The molecule has 3 aromatic rings. The van der Waals surface area contributed by atoms with Gasteiger partial charge in [0.1, 0.15) is 5.75 Å². The molecule has 0 saturated heterocycles. The number of carbonyl (C=O) groups excluding carboxylic acids is 1. The average molecular weight is 342 g/mol. The molecule has 0 N–H and O–H groups in total. The number of hydrogen-bond acceptors (Lipinski definition) is 6. The Morgan fingerprint density at radius 1 is 1.17 bits per heavy atom. The summed E-state index contributed by atoms with van der Waals surface area (Å²) < 4.78 is 11.1. The van der Waals surface area contributed by atoms with Crippen molar-refractivity contribution in [2.24, 2.45) is 0 Å². The van der Waals surface area contributed by atoms with Crippen molar-refractivity contribution in [1.29, 1.82) is 0 Å². The predicted molar refractivity (Wildman–Crippen MR) is 92.2 cm³/mol. The minimum atomic E-state index is -0.304. The van der Waals surface area contributed by atoms with Crippen molar-refractivity contribution in [2.45, 2.75) is 33.6 Å². The van der Waals surface area contributed by atoms with E-state index in [-0.39, 0.29) is 12.4 Å². The number of carbonyl (C=O) groups is 1. The Hall–Kier alpha value is -2.47. The molecule has 0 unspecified atom stereocenters. The zero-order valence-corrected chi connectivity index (χ0v) is 14.6. The van der Waals surface area contributed by atoms with Crippen molar-refractivity contribution in [2.75, 3.05) is 0 Å². The van der Waals surface area contributed by atoms with Crippen LogP contribution in [0.3, 0.4) is 0 Å². The van der Waals surface area contributed by atoms with Crippen LogP contribution in [0.5, 0.6) is 5.75 Å². The van der Waals surface area contributed by atoms with Crippen LogP contribution < -0.4 is 4.74 Å². The maximum absolute atomic E-state index is 12.1. The second-order valence-electron chi connectivity index (χ2n) is 5.64. The second-order valence-corrected chi connectivity index (χ2v) is 6.42. The summed E-state index contributed by atoms with van der Waals surface area (Å²) in [6.07, 6.45) is 0.554. The highest BCUT2D eigenvalue weighted by Crippen LogP contribution is 2.26. The fraction of sp³-hybridized carbons (Fsp3) is 0.278. The third-order valence-electron chi connectivity index (χ3n) is 3.87. The summed E-state index contributed by atoms with van der Waals surface area (Å²) in [6.45, 7) is 5.88. The van der Waals surface area contributed by atoms with Gasteiger partial charge in [0.2, 0.25) is 11.8 Å². The lowest BCUT2D eigenvalue weighted by atomic mass is 10.1. The monoisotopic (exact) mass is 342 g/mol. The summed E-state index contributed by atoms with van der Waals surface area (Å²) in [5.41, 5.74) is 3.93. The molecule has 0 radical (unpaired) electrons. The van der Waals surface area contributed by atoms with Gasteiger partial charge in [0, 0.05) is 17.4 Å². The second kappa shape index (κ2) is 6.97. The molecule has 1 aromatic carbocycles. The summed E-state index contributed by atoms with van der Waals surface area (Å²) in [5, 5.41) is 11.9. The maximum Gasteiger partial charge on any atom is 0.311 e. The van der Waals surface area contributed by atoms with Crippen molar-refractivity contribution >= 4 is 17.3 Å². The smallest absolute Gasteiger partial charge is 0.311 e. The van der Waals surface area contributed by atoms with Gasteiger partial charge in [-0.2, -0.15) is 11.3 Å². The fourth-order valence-corrected chi connectivity index (χ4v) is 2.94. The Balaban J connectivity index is 1.61. The largest absolute Gasteiger partial charge is 0.426 e. The van der Waals surface area contributed by atoms with E-state index in [1.165, 1.54) is 0 Å². The van der Waals surface area contributed by atoms with Crippen LogP contribution in [0.2, 0.25) is 0 Å². The van der Waals surface area contributed by atoms with E-state index in [0.29, 0.717) is 24.0 Å². The molecule has 2 aromatic heterocycles. The van der Waals surface area contributed by atoms with E-state index in [4.69, 9.17) is 9.15 Å². The highest BCUT2D eigenvalue weighted by Gasteiger charge is 2.14. The number of hydrogen-bond donors (Lipinski definition) is 0. The molecule has 5 nitrogen and oxygen atoms in total. The van der Waals surface area contributed by atoms with Crippen LogP contribution in [-0.4, -0.2) is 16.2 Å². The Morgan fingerprint density at radius 2 is 1.96 bits per heavy atom. The van der Waals surface area contributed by atoms with Crippen molar-refractivity contribution in [3.8, 4) is 17.2 Å². The Morgan fingerprint density at radius 3 is 2.71 bits per heavy atom. The number of esters is 1. The number of rotatable bonds is 5. The van der Waals surface area contributed by atoms with Crippen LogP contribution in [0.15, 0.2) is 33.4 Å². The van der Waals surface area contributed by atoms with Gasteiger partial charge in [0.15, 0.2) is 0 Å². The summed E-state index contributed by atoms with van der Waals surface area (Å²) in [4.78, 5) is 12.1.